The number of hydrogen-bond acceptors (Lipinski definition) is 5. The van der Waals surface area contributed by atoms with Gasteiger partial charge in [-0.3, -0.25) is 4.79 Å². The SMILES string of the molecule is CC(=O)O.CC(=O)[O-].CC(=O)[O-].[Na+].[Na+]. The van der Waals surface area contributed by atoms with Crippen molar-refractivity contribution in [3.63, 3.8) is 0 Å². The second-order valence-corrected chi connectivity index (χ2v) is 1.50. The number of rotatable bonds is 0. The van der Waals surface area contributed by atoms with Crippen molar-refractivity contribution in [3.8, 4) is 0 Å². The minimum atomic E-state index is -1.08. The molecule has 72 valence electrons. The monoisotopic (exact) mass is 224 g/mol. The molecule has 0 bridgehead atoms. The number of aliphatic carboxylic acids is 3. The number of carbonyl (C=O) groups is 3. The van der Waals surface area contributed by atoms with Gasteiger partial charge in [-0.05, 0) is 13.8 Å². The fourth-order valence-corrected chi connectivity index (χ4v) is 0. The number of carbonyl (C=O) groups excluding carboxylic acids is 2. The molecular formula is C6H10Na2O6. The van der Waals surface area contributed by atoms with Gasteiger partial charge >= 0.3 is 59.1 Å². The molecule has 0 aliphatic heterocycles. The largest absolute Gasteiger partial charge is 1.00 e. The number of carboxylic acids is 3. The minimum Gasteiger partial charge on any atom is -0.550 e. The van der Waals surface area contributed by atoms with Gasteiger partial charge in [0.25, 0.3) is 5.97 Å². The van der Waals surface area contributed by atoms with Crippen LogP contribution in [-0.2, 0) is 14.4 Å². The maximum atomic E-state index is 9.00. The molecule has 1 N–H and O–H groups in total. The molecule has 14 heavy (non-hydrogen) atoms. The number of carboxylic acid groups (broad SMARTS) is 3. The Morgan fingerprint density at radius 2 is 0.857 bits per heavy atom. The minimum absolute atomic E-state index is 0. The van der Waals surface area contributed by atoms with Gasteiger partial charge in [-0.25, -0.2) is 0 Å². The fourth-order valence-electron chi connectivity index (χ4n) is 0. The summed E-state index contributed by atoms with van der Waals surface area (Å²) in [5, 5.41) is 25.2. The van der Waals surface area contributed by atoms with Crippen LogP contribution in [0, 0.1) is 0 Å². The fraction of sp³-hybridized carbons (Fsp3) is 0.500. The van der Waals surface area contributed by atoms with E-state index in [9.17, 15) is 0 Å². The summed E-state index contributed by atoms with van der Waals surface area (Å²) in [7, 11) is 0. The van der Waals surface area contributed by atoms with E-state index in [0.717, 1.165) is 20.8 Å². The molecule has 0 heterocycles. The zero-order chi connectivity index (χ0) is 10.7. The second kappa shape index (κ2) is 23.3. The average Bonchev–Trinajstić information content (AvgIpc) is 1.54. The van der Waals surface area contributed by atoms with Gasteiger partial charge in [-0.2, -0.15) is 0 Å². The molecule has 0 spiro atoms. The van der Waals surface area contributed by atoms with E-state index < -0.39 is 17.9 Å². The quantitative estimate of drug-likeness (QED) is 0.408. The van der Waals surface area contributed by atoms with Gasteiger partial charge < -0.3 is 24.9 Å². The summed E-state index contributed by atoms with van der Waals surface area (Å²) in [6.45, 7) is 3.03. The molecular weight excluding hydrogens is 214 g/mol. The Morgan fingerprint density at radius 3 is 0.857 bits per heavy atom. The van der Waals surface area contributed by atoms with Crippen LogP contribution in [0.1, 0.15) is 20.8 Å². The molecule has 0 rings (SSSR count). The predicted molar refractivity (Wildman–Crippen MR) is 34.7 cm³/mol. The molecule has 0 radical (unpaired) electrons. The van der Waals surface area contributed by atoms with E-state index in [-0.39, 0.29) is 59.1 Å². The van der Waals surface area contributed by atoms with Gasteiger partial charge in [0.2, 0.25) is 0 Å². The van der Waals surface area contributed by atoms with Crippen LogP contribution in [0.3, 0.4) is 0 Å². The molecule has 0 aromatic carbocycles. The first-order chi connectivity index (χ1) is 5.20. The summed E-state index contributed by atoms with van der Waals surface area (Å²) in [4.78, 5) is 26.8. The van der Waals surface area contributed by atoms with Gasteiger partial charge in [0.15, 0.2) is 0 Å². The molecule has 8 heteroatoms. The van der Waals surface area contributed by atoms with E-state index in [4.69, 9.17) is 29.7 Å². The van der Waals surface area contributed by atoms with E-state index in [1.807, 2.05) is 0 Å². The Morgan fingerprint density at radius 1 is 0.857 bits per heavy atom. The van der Waals surface area contributed by atoms with Crippen LogP contribution in [0.15, 0.2) is 0 Å². The molecule has 6 nitrogen and oxygen atoms in total. The van der Waals surface area contributed by atoms with Crippen LogP contribution < -0.4 is 69.3 Å². The van der Waals surface area contributed by atoms with Gasteiger partial charge in [-0.1, -0.05) is 0 Å². The number of hydrogen-bond donors (Lipinski definition) is 1. The molecule has 0 aromatic heterocycles. The standard InChI is InChI=1S/3C2H4O2.2Na/c3*1-2(3)4;;/h3*1H3,(H,3,4);;/q;;;2*+1/p-2. The second-order valence-electron chi connectivity index (χ2n) is 1.50. The summed E-state index contributed by atoms with van der Waals surface area (Å²) in [6, 6.07) is 0. The van der Waals surface area contributed by atoms with Crippen LogP contribution in [-0.4, -0.2) is 23.0 Å². The Bertz CT molecular complexity index is 118. The van der Waals surface area contributed by atoms with E-state index in [0.29, 0.717) is 0 Å². The molecule has 0 aliphatic rings. The zero-order valence-electron chi connectivity index (χ0n) is 8.99. The maximum Gasteiger partial charge on any atom is 1.00 e. The molecule has 0 fully saturated rings. The van der Waals surface area contributed by atoms with Crippen LogP contribution in [0.4, 0.5) is 0 Å². The van der Waals surface area contributed by atoms with Crippen LogP contribution in [0.2, 0.25) is 0 Å². The average molecular weight is 224 g/mol. The van der Waals surface area contributed by atoms with E-state index in [1.165, 1.54) is 0 Å². The van der Waals surface area contributed by atoms with Crippen molar-refractivity contribution in [2.24, 2.45) is 0 Å². The smallest absolute Gasteiger partial charge is 0.550 e. The Kier molecular flexibility index (Phi) is 48.8. The molecule has 0 saturated carbocycles. The maximum absolute atomic E-state index is 9.00. The molecule has 0 atom stereocenters. The van der Waals surface area contributed by atoms with Crippen LogP contribution in [0.5, 0.6) is 0 Å². The summed E-state index contributed by atoms with van der Waals surface area (Å²) in [6.07, 6.45) is 0. The van der Waals surface area contributed by atoms with E-state index in [1.54, 1.807) is 0 Å². The normalized spacial score (nSPS) is 5.36. The molecule has 0 aromatic rings. The van der Waals surface area contributed by atoms with Crippen LogP contribution in [0.25, 0.3) is 0 Å². The molecule has 0 saturated heterocycles. The molecule has 0 aliphatic carbocycles. The summed E-state index contributed by atoms with van der Waals surface area (Å²) in [5.41, 5.74) is 0. The van der Waals surface area contributed by atoms with Crippen molar-refractivity contribution >= 4 is 17.9 Å². The van der Waals surface area contributed by atoms with Gasteiger partial charge in [-0.15, -0.1) is 0 Å². The van der Waals surface area contributed by atoms with Crippen LogP contribution >= 0.6 is 0 Å². The van der Waals surface area contributed by atoms with Crippen molar-refractivity contribution in [3.05, 3.63) is 0 Å². The first-order valence-electron chi connectivity index (χ1n) is 2.74. The zero-order valence-corrected chi connectivity index (χ0v) is 13.0. The Balaban J connectivity index is -0.0000000270. The summed E-state index contributed by atoms with van der Waals surface area (Å²) < 4.78 is 0. The third-order valence-corrected chi connectivity index (χ3v) is 0. The van der Waals surface area contributed by atoms with Crippen molar-refractivity contribution < 1.29 is 88.8 Å². The first kappa shape index (κ1) is 29.3. The van der Waals surface area contributed by atoms with Crippen molar-refractivity contribution in [1.82, 2.24) is 0 Å². The topological polar surface area (TPSA) is 118 Å². The van der Waals surface area contributed by atoms with E-state index in [2.05, 4.69) is 0 Å². The van der Waals surface area contributed by atoms with Crippen molar-refractivity contribution in [2.75, 3.05) is 0 Å². The van der Waals surface area contributed by atoms with Gasteiger partial charge in [0.05, 0.1) is 0 Å². The van der Waals surface area contributed by atoms with Gasteiger partial charge in [0.1, 0.15) is 0 Å². The molecule has 0 unspecified atom stereocenters. The van der Waals surface area contributed by atoms with Gasteiger partial charge in [0, 0.05) is 18.9 Å². The predicted octanol–water partition coefficient (Wildman–Crippen LogP) is -8.39. The molecule has 0 amide bonds. The Labute approximate surface area is 126 Å². The third kappa shape index (κ3) is 9610. The summed E-state index contributed by atoms with van der Waals surface area (Å²) in [5.74, 6) is -3.00. The van der Waals surface area contributed by atoms with Crippen molar-refractivity contribution in [1.29, 1.82) is 0 Å². The van der Waals surface area contributed by atoms with Crippen molar-refractivity contribution in [2.45, 2.75) is 20.8 Å². The Hall–Kier alpha value is 0.410. The third-order valence-electron chi connectivity index (χ3n) is 0. The summed E-state index contributed by atoms with van der Waals surface area (Å²) >= 11 is 0. The first-order valence-corrected chi connectivity index (χ1v) is 2.74. The van der Waals surface area contributed by atoms with E-state index >= 15 is 0 Å².